The topological polar surface area (TPSA) is 51.2 Å². The van der Waals surface area contributed by atoms with Gasteiger partial charge in [-0.3, -0.25) is 4.79 Å². The highest BCUT2D eigenvalue weighted by atomic mass is 32.1. The van der Waals surface area contributed by atoms with Gasteiger partial charge in [-0.2, -0.15) is 0 Å². The second-order valence-electron chi connectivity index (χ2n) is 7.00. The fraction of sp³-hybridized carbons (Fsp3) is 0.750. The van der Waals surface area contributed by atoms with Crippen molar-refractivity contribution in [2.45, 2.75) is 77.5 Å². The maximum absolute atomic E-state index is 12.1. The molecule has 0 aliphatic carbocycles. The lowest BCUT2D eigenvalue weighted by molar-refractivity contribution is -0.123. The third kappa shape index (κ3) is 4.51. The standard InChI is InChI=1S/C16H26N2O2S/c1-11-17-12(10-21-11)7-6-8-14(19)18-13-9-15(2,3)20-16(13,4)5/h10,13H,6-9H2,1-5H3,(H,18,19). The van der Waals surface area contributed by atoms with E-state index in [2.05, 4.69) is 29.5 Å². The summed E-state index contributed by atoms with van der Waals surface area (Å²) in [5.41, 5.74) is 0.626. The maximum atomic E-state index is 12.1. The molecule has 2 heterocycles. The number of amides is 1. The average molecular weight is 310 g/mol. The number of ether oxygens (including phenoxy) is 1. The second kappa shape index (κ2) is 6.05. The van der Waals surface area contributed by atoms with Crippen molar-refractivity contribution in [2.24, 2.45) is 0 Å². The first-order valence-electron chi connectivity index (χ1n) is 7.58. The zero-order valence-electron chi connectivity index (χ0n) is 13.7. The Labute approximate surface area is 131 Å². The van der Waals surface area contributed by atoms with Gasteiger partial charge < -0.3 is 10.1 Å². The van der Waals surface area contributed by atoms with Crippen LogP contribution in [-0.2, 0) is 16.0 Å². The number of thiazole rings is 1. The van der Waals surface area contributed by atoms with Crippen molar-refractivity contribution in [3.8, 4) is 0 Å². The van der Waals surface area contributed by atoms with Gasteiger partial charge in [0.15, 0.2) is 0 Å². The highest BCUT2D eigenvalue weighted by Gasteiger charge is 2.46. The van der Waals surface area contributed by atoms with Crippen LogP contribution in [0.5, 0.6) is 0 Å². The zero-order valence-corrected chi connectivity index (χ0v) is 14.5. The van der Waals surface area contributed by atoms with Crippen molar-refractivity contribution in [3.05, 3.63) is 16.1 Å². The van der Waals surface area contributed by atoms with Crippen molar-refractivity contribution < 1.29 is 9.53 Å². The minimum absolute atomic E-state index is 0.0847. The summed E-state index contributed by atoms with van der Waals surface area (Å²) in [6, 6.07) is 0.0847. The lowest BCUT2D eigenvalue weighted by atomic mass is 9.94. The SMILES string of the molecule is Cc1nc(CCCC(=O)NC2CC(C)(C)OC2(C)C)cs1. The van der Waals surface area contributed by atoms with Gasteiger partial charge in [0.05, 0.1) is 27.9 Å². The molecule has 0 spiro atoms. The molecule has 0 bridgehead atoms. The van der Waals surface area contributed by atoms with Crippen LogP contribution in [0.2, 0.25) is 0 Å². The number of nitrogens with zero attached hydrogens (tertiary/aromatic N) is 1. The van der Waals surface area contributed by atoms with Gasteiger partial charge in [0.2, 0.25) is 5.91 Å². The van der Waals surface area contributed by atoms with Crippen molar-refractivity contribution in [1.82, 2.24) is 10.3 Å². The van der Waals surface area contributed by atoms with E-state index < -0.39 is 0 Å². The van der Waals surface area contributed by atoms with Crippen LogP contribution in [0.4, 0.5) is 0 Å². The predicted molar refractivity (Wildman–Crippen MR) is 85.6 cm³/mol. The molecule has 1 N–H and O–H groups in total. The Morgan fingerprint density at radius 3 is 2.71 bits per heavy atom. The molecule has 1 aromatic heterocycles. The molecule has 118 valence electrons. The van der Waals surface area contributed by atoms with Crippen LogP contribution in [0.25, 0.3) is 0 Å². The Hall–Kier alpha value is -0.940. The highest BCUT2D eigenvalue weighted by molar-refractivity contribution is 7.09. The molecule has 1 amide bonds. The number of hydrogen-bond acceptors (Lipinski definition) is 4. The molecule has 0 aromatic carbocycles. The highest BCUT2D eigenvalue weighted by Crippen LogP contribution is 2.37. The summed E-state index contributed by atoms with van der Waals surface area (Å²) >= 11 is 1.66. The van der Waals surface area contributed by atoms with Crippen LogP contribution in [0.15, 0.2) is 5.38 Å². The fourth-order valence-electron chi connectivity index (χ4n) is 3.01. The Bertz CT molecular complexity index is 508. The molecule has 1 aliphatic rings. The van der Waals surface area contributed by atoms with Gasteiger partial charge in [-0.05, 0) is 53.9 Å². The van der Waals surface area contributed by atoms with Crippen molar-refractivity contribution >= 4 is 17.2 Å². The van der Waals surface area contributed by atoms with Crippen LogP contribution in [-0.4, -0.2) is 28.1 Å². The summed E-state index contributed by atoms with van der Waals surface area (Å²) in [6.07, 6.45) is 3.11. The molecule has 21 heavy (non-hydrogen) atoms. The van der Waals surface area contributed by atoms with Crippen molar-refractivity contribution in [1.29, 1.82) is 0 Å². The fourth-order valence-corrected chi connectivity index (χ4v) is 3.65. The third-order valence-corrected chi connectivity index (χ3v) is 4.74. The number of carbonyl (C=O) groups is 1. The number of aryl methyl sites for hydroxylation is 2. The first-order chi connectivity index (χ1) is 9.68. The van der Waals surface area contributed by atoms with Crippen LogP contribution >= 0.6 is 11.3 Å². The lowest BCUT2D eigenvalue weighted by Gasteiger charge is -2.27. The van der Waals surface area contributed by atoms with Gasteiger partial charge in [-0.1, -0.05) is 0 Å². The summed E-state index contributed by atoms with van der Waals surface area (Å²) in [7, 11) is 0. The molecule has 4 nitrogen and oxygen atoms in total. The third-order valence-electron chi connectivity index (χ3n) is 3.91. The molecule has 1 unspecified atom stereocenters. The minimum atomic E-state index is -0.300. The van der Waals surface area contributed by atoms with E-state index in [4.69, 9.17) is 4.74 Å². The van der Waals surface area contributed by atoms with E-state index in [9.17, 15) is 4.79 Å². The second-order valence-corrected chi connectivity index (χ2v) is 8.06. The monoisotopic (exact) mass is 310 g/mol. The quantitative estimate of drug-likeness (QED) is 0.908. The van der Waals surface area contributed by atoms with Crippen LogP contribution in [0.1, 0.15) is 57.7 Å². The first kappa shape index (κ1) is 16.4. The largest absolute Gasteiger partial charge is 0.367 e. The number of rotatable bonds is 5. The molecule has 1 fully saturated rings. The van der Waals surface area contributed by atoms with Crippen LogP contribution in [0, 0.1) is 6.92 Å². The van der Waals surface area contributed by atoms with E-state index in [-0.39, 0.29) is 23.2 Å². The average Bonchev–Trinajstić information content (AvgIpc) is 2.80. The number of nitrogens with one attached hydrogen (secondary N) is 1. The Balaban J connectivity index is 1.77. The lowest BCUT2D eigenvalue weighted by Crippen LogP contribution is -2.46. The zero-order chi connectivity index (χ0) is 15.7. The van der Waals surface area contributed by atoms with Crippen LogP contribution in [0.3, 0.4) is 0 Å². The number of carbonyl (C=O) groups excluding carboxylic acids is 1. The molecule has 0 radical (unpaired) electrons. The summed E-state index contributed by atoms with van der Waals surface area (Å²) in [6.45, 7) is 10.2. The Morgan fingerprint density at radius 2 is 2.19 bits per heavy atom. The molecule has 1 aromatic rings. The number of hydrogen-bond donors (Lipinski definition) is 1. The molecule has 1 aliphatic heterocycles. The summed E-state index contributed by atoms with van der Waals surface area (Å²) < 4.78 is 6.00. The van der Waals surface area contributed by atoms with E-state index in [0.717, 1.165) is 30.0 Å². The van der Waals surface area contributed by atoms with Gasteiger partial charge in [-0.15, -0.1) is 11.3 Å². The molecule has 0 saturated carbocycles. The minimum Gasteiger partial charge on any atom is -0.367 e. The normalized spacial score (nSPS) is 23.2. The van der Waals surface area contributed by atoms with Gasteiger partial charge in [0.25, 0.3) is 0 Å². The summed E-state index contributed by atoms with van der Waals surface area (Å²) in [5.74, 6) is 0.112. The smallest absolute Gasteiger partial charge is 0.220 e. The van der Waals surface area contributed by atoms with E-state index in [0.29, 0.717) is 6.42 Å². The molecular formula is C16H26N2O2S. The van der Waals surface area contributed by atoms with E-state index in [1.54, 1.807) is 11.3 Å². The van der Waals surface area contributed by atoms with Crippen molar-refractivity contribution in [2.75, 3.05) is 0 Å². The Kier molecular flexibility index (Phi) is 4.73. The van der Waals surface area contributed by atoms with E-state index in [1.807, 2.05) is 20.8 Å². The number of aromatic nitrogens is 1. The molecule has 1 saturated heterocycles. The van der Waals surface area contributed by atoms with Gasteiger partial charge in [0.1, 0.15) is 0 Å². The Morgan fingerprint density at radius 1 is 1.48 bits per heavy atom. The van der Waals surface area contributed by atoms with Gasteiger partial charge in [0, 0.05) is 11.8 Å². The molecule has 2 rings (SSSR count). The maximum Gasteiger partial charge on any atom is 0.220 e. The molecular weight excluding hydrogens is 284 g/mol. The first-order valence-corrected chi connectivity index (χ1v) is 8.46. The van der Waals surface area contributed by atoms with Crippen LogP contribution < -0.4 is 5.32 Å². The summed E-state index contributed by atoms with van der Waals surface area (Å²) in [5, 5.41) is 6.29. The van der Waals surface area contributed by atoms with E-state index >= 15 is 0 Å². The van der Waals surface area contributed by atoms with Crippen molar-refractivity contribution in [3.63, 3.8) is 0 Å². The molecule has 1 atom stereocenters. The summed E-state index contributed by atoms with van der Waals surface area (Å²) in [4.78, 5) is 16.5. The molecule has 5 heteroatoms. The van der Waals surface area contributed by atoms with Gasteiger partial charge >= 0.3 is 0 Å². The van der Waals surface area contributed by atoms with Gasteiger partial charge in [-0.25, -0.2) is 4.98 Å². The predicted octanol–water partition coefficient (Wildman–Crippen LogP) is 3.24. The van der Waals surface area contributed by atoms with E-state index in [1.165, 1.54) is 0 Å².